The topological polar surface area (TPSA) is 3.24 Å². The van der Waals surface area contributed by atoms with Gasteiger partial charge < -0.3 is 4.90 Å². The molecule has 0 aromatic rings. The first-order valence-corrected chi connectivity index (χ1v) is 5.90. The van der Waals surface area contributed by atoms with E-state index >= 15 is 0 Å². The number of rotatable bonds is 5. The minimum absolute atomic E-state index is 0.712. The molecule has 0 radical (unpaired) electrons. The molecule has 78 valence electrons. The van der Waals surface area contributed by atoms with Gasteiger partial charge in [-0.1, -0.05) is 25.7 Å². The highest BCUT2D eigenvalue weighted by Crippen LogP contribution is 2.28. The zero-order valence-electron chi connectivity index (χ0n) is 9.55. The second-order valence-corrected chi connectivity index (χ2v) is 4.87. The van der Waals surface area contributed by atoms with Crippen molar-refractivity contribution >= 4 is 0 Å². The van der Waals surface area contributed by atoms with Gasteiger partial charge in [0, 0.05) is 6.04 Å². The molecule has 0 saturated heterocycles. The molecule has 13 heavy (non-hydrogen) atoms. The van der Waals surface area contributed by atoms with Gasteiger partial charge in [-0.2, -0.15) is 0 Å². The van der Waals surface area contributed by atoms with Crippen LogP contribution in [0.15, 0.2) is 0 Å². The maximum Gasteiger partial charge on any atom is 0.00355 e. The molecule has 0 aliphatic heterocycles. The third-order valence-corrected chi connectivity index (χ3v) is 3.48. The van der Waals surface area contributed by atoms with Gasteiger partial charge in [0.25, 0.3) is 0 Å². The monoisotopic (exact) mass is 183 g/mol. The first-order valence-electron chi connectivity index (χ1n) is 5.90. The van der Waals surface area contributed by atoms with Crippen LogP contribution in [-0.4, -0.2) is 24.5 Å². The lowest BCUT2D eigenvalue weighted by Crippen LogP contribution is -2.27. The Morgan fingerprint density at radius 2 is 1.85 bits per heavy atom. The molecule has 1 aliphatic rings. The average Bonchev–Trinajstić information content (AvgIpc) is 2.56. The Labute approximate surface area is 83.5 Å². The van der Waals surface area contributed by atoms with Gasteiger partial charge in [0.2, 0.25) is 0 Å². The van der Waals surface area contributed by atoms with E-state index in [1.165, 1.54) is 45.1 Å². The van der Waals surface area contributed by atoms with E-state index in [1.54, 1.807) is 0 Å². The van der Waals surface area contributed by atoms with Crippen molar-refractivity contribution in [2.24, 2.45) is 5.92 Å². The first-order chi connectivity index (χ1) is 6.20. The molecule has 1 saturated carbocycles. The van der Waals surface area contributed by atoms with Crippen LogP contribution in [0, 0.1) is 5.92 Å². The van der Waals surface area contributed by atoms with E-state index in [0.717, 1.165) is 5.92 Å². The summed E-state index contributed by atoms with van der Waals surface area (Å²) in [6.07, 6.45) is 8.86. The number of hydrogen-bond donors (Lipinski definition) is 0. The molecule has 1 heteroatoms. The summed E-state index contributed by atoms with van der Waals surface area (Å²) in [6.45, 7) is 5.83. The molecule has 1 fully saturated rings. The molecule has 0 bridgehead atoms. The molecule has 0 atom stereocenters. The lowest BCUT2D eigenvalue weighted by molar-refractivity contribution is 0.260. The predicted molar refractivity (Wildman–Crippen MR) is 59.0 cm³/mol. The Bertz CT molecular complexity index is 123. The third kappa shape index (κ3) is 4.12. The molecular weight excluding hydrogens is 158 g/mol. The fraction of sp³-hybridized carbons (Fsp3) is 1.00. The zero-order chi connectivity index (χ0) is 9.68. The molecule has 0 N–H and O–H groups in total. The van der Waals surface area contributed by atoms with E-state index in [4.69, 9.17) is 0 Å². The number of nitrogens with zero attached hydrogens (tertiary/aromatic N) is 1. The summed E-state index contributed by atoms with van der Waals surface area (Å²) < 4.78 is 0. The minimum Gasteiger partial charge on any atom is -0.304 e. The Hall–Kier alpha value is -0.0400. The van der Waals surface area contributed by atoms with E-state index in [0.29, 0.717) is 6.04 Å². The van der Waals surface area contributed by atoms with Crippen LogP contribution < -0.4 is 0 Å². The Morgan fingerprint density at radius 1 is 1.23 bits per heavy atom. The SMILES string of the molecule is CC(C)N(C)CCCC1CCCC1. The third-order valence-electron chi connectivity index (χ3n) is 3.48. The molecule has 0 spiro atoms. The average molecular weight is 183 g/mol. The Kier molecular flexibility index (Phi) is 4.79. The van der Waals surface area contributed by atoms with Crippen LogP contribution in [0.5, 0.6) is 0 Å². The molecule has 1 nitrogen and oxygen atoms in total. The molecular formula is C12H25N. The van der Waals surface area contributed by atoms with Crippen molar-refractivity contribution in [1.82, 2.24) is 4.90 Å². The Morgan fingerprint density at radius 3 is 2.38 bits per heavy atom. The van der Waals surface area contributed by atoms with E-state index < -0.39 is 0 Å². The van der Waals surface area contributed by atoms with Gasteiger partial charge in [0.1, 0.15) is 0 Å². The first kappa shape index (κ1) is 11.0. The van der Waals surface area contributed by atoms with Gasteiger partial charge in [0.15, 0.2) is 0 Å². The van der Waals surface area contributed by atoms with Crippen molar-refractivity contribution in [3.63, 3.8) is 0 Å². The maximum atomic E-state index is 2.45. The molecule has 0 aromatic heterocycles. The van der Waals surface area contributed by atoms with Gasteiger partial charge in [0.05, 0.1) is 0 Å². The van der Waals surface area contributed by atoms with Crippen molar-refractivity contribution in [3.8, 4) is 0 Å². The normalized spacial score (nSPS) is 19.2. The van der Waals surface area contributed by atoms with Gasteiger partial charge in [-0.25, -0.2) is 0 Å². The Balaban J connectivity index is 1.99. The molecule has 0 amide bonds. The highest BCUT2D eigenvalue weighted by Gasteiger charge is 2.14. The largest absolute Gasteiger partial charge is 0.304 e. The van der Waals surface area contributed by atoms with E-state index in [-0.39, 0.29) is 0 Å². The van der Waals surface area contributed by atoms with Crippen LogP contribution >= 0.6 is 0 Å². The summed E-state index contributed by atoms with van der Waals surface area (Å²) in [4.78, 5) is 2.45. The molecule has 0 heterocycles. The van der Waals surface area contributed by atoms with Crippen LogP contribution in [0.1, 0.15) is 52.4 Å². The summed E-state index contributed by atoms with van der Waals surface area (Å²) in [5, 5.41) is 0. The van der Waals surface area contributed by atoms with Crippen LogP contribution in [0.4, 0.5) is 0 Å². The molecule has 1 rings (SSSR count). The quantitative estimate of drug-likeness (QED) is 0.632. The van der Waals surface area contributed by atoms with E-state index in [9.17, 15) is 0 Å². The molecule has 1 aliphatic carbocycles. The summed E-state index contributed by atoms with van der Waals surface area (Å²) in [6, 6.07) is 0.712. The summed E-state index contributed by atoms with van der Waals surface area (Å²) >= 11 is 0. The maximum absolute atomic E-state index is 2.45. The number of hydrogen-bond acceptors (Lipinski definition) is 1. The van der Waals surface area contributed by atoms with Crippen LogP contribution in [0.2, 0.25) is 0 Å². The second-order valence-electron chi connectivity index (χ2n) is 4.87. The molecule has 0 unspecified atom stereocenters. The van der Waals surface area contributed by atoms with Crippen molar-refractivity contribution in [1.29, 1.82) is 0 Å². The highest BCUT2D eigenvalue weighted by atomic mass is 15.1. The minimum atomic E-state index is 0.712. The van der Waals surface area contributed by atoms with Crippen LogP contribution in [0.25, 0.3) is 0 Å². The summed E-state index contributed by atoms with van der Waals surface area (Å²) in [7, 11) is 2.24. The summed E-state index contributed by atoms with van der Waals surface area (Å²) in [5.41, 5.74) is 0. The van der Waals surface area contributed by atoms with Gasteiger partial charge >= 0.3 is 0 Å². The smallest absolute Gasteiger partial charge is 0.00355 e. The van der Waals surface area contributed by atoms with Crippen LogP contribution in [0.3, 0.4) is 0 Å². The fourth-order valence-electron chi connectivity index (χ4n) is 2.19. The van der Waals surface area contributed by atoms with E-state index in [2.05, 4.69) is 25.8 Å². The van der Waals surface area contributed by atoms with Crippen molar-refractivity contribution in [2.75, 3.05) is 13.6 Å². The predicted octanol–water partition coefficient (Wildman–Crippen LogP) is 3.30. The van der Waals surface area contributed by atoms with Gasteiger partial charge in [-0.3, -0.25) is 0 Å². The van der Waals surface area contributed by atoms with Crippen LogP contribution in [-0.2, 0) is 0 Å². The standard InChI is InChI=1S/C12H25N/c1-11(2)13(3)10-6-9-12-7-4-5-8-12/h11-12H,4-10H2,1-3H3. The van der Waals surface area contributed by atoms with Crippen molar-refractivity contribution in [2.45, 2.75) is 58.4 Å². The zero-order valence-corrected chi connectivity index (χ0v) is 9.55. The lowest BCUT2D eigenvalue weighted by atomic mass is 10.0. The highest BCUT2D eigenvalue weighted by molar-refractivity contribution is 4.68. The molecule has 0 aromatic carbocycles. The van der Waals surface area contributed by atoms with Gasteiger partial charge in [-0.15, -0.1) is 0 Å². The fourth-order valence-corrected chi connectivity index (χ4v) is 2.19. The van der Waals surface area contributed by atoms with Crippen molar-refractivity contribution < 1.29 is 0 Å². The lowest BCUT2D eigenvalue weighted by Gasteiger charge is -2.21. The van der Waals surface area contributed by atoms with Crippen molar-refractivity contribution in [3.05, 3.63) is 0 Å². The summed E-state index contributed by atoms with van der Waals surface area (Å²) in [5.74, 6) is 1.07. The van der Waals surface area contributed by atoms with E-state index in [1.807, 2.05) is 0 Å². The van der Waals surface area contributed by atoms with Gasteiger partial charge in [-0.05, 0) is 46.2 Å². The second kappa shape index (κ2) is 5.64.